The molecule has 0 radical (unpaired) electrons. The Balaban J connectivity index is 2.01. The average molecular weight is 410 g/mol. The second-order valence-corrected chi connectivity index (χ2v) is 8.56. The molecule has 2 aromatic carbocycles. The van der Waals surface area contributed by atoms with Crippen LogP contribution >= 0.6 is 0 Å². The van der Waals surface area contributed by atoms with Gasteiger partial charge in [0.15, 0.2) is 0 Å². The SMILES string of the molecule is Cc1cncc(NS(=O)(=O)c2c(CCc3ccccc3C)cccc2C(N)=O)c1. The summed E-state index contributed by atoms with van der Waals surface area (Å²) < 4.78 is 28.9. The van der Waals surface area contributed by atoms with Crippen LogP contribution in [-0.2, 0) is 22.9 Å². The minimum Gasteiger partial charge on any atom is -0.366 e. The third kappa shape index (κ3) is 4.81. The first-order valence-electron chi connectivity index (χ1n) is 9.18. The molecule has 0 spiro atoms. The Morgan fingerprint density at radius 1 is 1.00 bits per heavy atom. The van der Waals surface area contributed by atoms with Crippen LogP contribution in [0, 0.1) is 13.8 Å². The van der Waals surface area contributed by atoms with E-state index in [0.29, 0.717) is 24.1 Å². The minimum atomic E-state index is -4.04. The predicted octanol–water partition coefficient (Wildman–Crippen LogP) is 3.38. The minimum absolute atomic E-state index is 0.0274. The number of carbonyl (C=O) groups excluding carboxylic acids is 1. The van der Waals surface area contributed by atoms with Gasteiger partial charge in [0.05, 0.1) is 17.4 Å². The fourth-order valence-corrected chi connectivity index (χ4v) is 4.77. The molecule has 1 amide bonds. The molecule has 0 aliphatic heterocycles. The van der Waals surface area contributed by atoms with Crippen molar-refractivity contribution in [1.29, 1.82) is 0 Å². The van der Waals surface area contributed by atoms with Gasteiger partial charge in [-0.3, -0.25) is 14.5 Å². The van der Waals surface area contributed by atoms with Gasteiger partial charge in [0.25, 0.3) is 10.0 Å². The Hall–Kier alpha value is -3.19. The molecule has 7 heteroatoms. The fraction of sp³-hybridized carbons (Fsp3) is 0.182. The number of anilines is 1. The molecule has 0 unspecified atom stereocenters. The van der Waals surface area contributed by atoms with Crippen molar-refractivity contribution in [2.45, 2.75) is 31.6 Å². The smallest absolute Gasteiger partial charge is 0.263 e. The van der Waals surface area contributed by atoms with Gasteiger partial charge in [-0.05, 0) is 61.1 Å². The van der Waals surface area contributed by atoms with E-state index < -0.39 is 15.9 Å². The lowest BCUT2D eigenvalue weighted by atomic mass is 9.99. The van der Waals surface area contributed by atoms with Crippen molar-refractivity contribution in [1.82, 2.24) is 4.98 Å². The molecule has 0 bridgehead atoms. The fourth-order valence-electron chi connectivity index (χ4n) is 3.27. The molecule has 0 saturated carbocycles. The summed E-state index contributed by atoms with van der Waals surface area (Å²) in [5.41, 5.74) is 9.39. The van der Waals surface area contributed by atoms with Crippen LogP contribution < -0.4 is 10.5 Å². The molecule has 29 heavy (non-hydrogen) atoms. The molecule has 0 saturated heterocycles. The number of primary amides is 1. The topological polar surface area (TPSA) is 102 Å². The molecular formula is C22H23N3O3S. The molecule has 0 aliphatic carbocycles. The molecule has 1 heterocycles. The van der Waals surface area contributed by atoms with Crippen LogP contribution in [0.4, 0.5) is 5.69 Å². The number of amides is 1. The number of pyridine rings is 1. The maximum atomic E-state index is 13.2. The number of benzene rings is 2. The largest absolute Gasteiger partial charge is 0.366 e. The number of nitrogens with two attached hydrogens (primary N) is 1. The number of sulfonamides is 1. The predicted molar refractivity (Wildman–Crippen MR) is 113 cm³/mol. The highest BCUT2D eigenvalue weighted by Gasteiger charge is 2.25. The molecule has 150 valence electrons. The van der Waals surface area contributed by atoms with Gasteiger partial charge >= 0.3 is 0 Å². The van der Waals surface area contributed by atoms with Crippen molar-refractivity contribution in [3.8, 4) is 0 Å². The van der Waals surface area contributed by atoms with Crippen molar-refractivity contribution >= 4 is 21.6 Å². The number of aryl methyl sites for hydroxylation is 4. The Morgan fingerprint density at radius 3 is 2.38 bits per heavy atom. The van der Waals surface area contributed by atoms with Gasteiger partial charge in [0.1, 0.15) is 4.90 Å². The van der Waals surface area contributed by atoms with Gasteiger partial charge in [0.2, 0.25) is 5.91 Å². The zero-order chi connectivity index (χ0) is 21.0. The van der Waals surface area contributed by atoms with Crippen LogP contribution in [0.5, 0.6) is 0 Å². The van der Waals surface area contributed by atoms with Crippen molar-refractivity contribution in [3.05, 3.63) is 88.7 Å². The van der Waals surface area contributed by atoms with E-state index in [2.05, 4.69) is 9.71 Å². The molecule has 0 fully saturated rings. The number of rotatable bonds is 7. The molecular weight excluding hydrogens is 386 g/mol. The van der Waals surface area contributed by atoms with E-state index in [1.54, 1.807) is 24.4 Å². The zero-order valence-corrected chi connectivity index (χ0v) is 17.2. The van der Waals surface area contributed by atoms with Crippen molar-refractivity contribution in [2.75, 3.05) is 4.72 Å². The normalized spacial score (nSPS) is 11.2. The molecule has 3 aromatic rings. The van der Waals surface area contributed by atoms with E-state index in [1.807, 2.05) is 38.1 Å². The Morgan fingerprint density at radius 2 is 1.69 bits per heavy atom. The first-order chi connectivity index (χ1) is 13.8. The number of aromatic nitrogens is 1. The van der Waals surface area contributed by atoms with E-state index in [9.17, 15) is 13.2 Å². The number of carbonyl (C=O) groups is 1. The van der Waals surface area contributed by atoms with Crippen LogP contribution in [0.3, 0.4) is 0 Å². The second kappa shape index (κ2) is 8.45. The van der Waals surface area contributed by atoms with Crippen LogP contribution in [0.15, 0.2) is 65.8 Å². The highest BCUT2D eigenvalue weighted by molar-refractivity contribution is 7.92. The van der Waals surface area contributed by atoms with E-state index in [-0.39, 0.29) is 10.5 Å². The first kappa shape index (κ1) is 20.5. The van der Waals surface area contributed by atoms with Crippen LogP contribution in [0.1, 0.15) is 32.6 Å². The standard InChI is InChI=1S/C22H23N3O3S/c1-15-12-19(14-24-13-15)25-29(27,28)21-18(8-5-9-20(21)22(23)26)11-10-17-7-4-3-6-16(17)2/h3-9,12-14,25H,10-11H2,1-2H3,(H2,23,26). The third-order valence-electron chi connectivity index (χ3n) is 4.68. The summed E-state index contributed by atoms with van der Waals surface area (Å²) in [6, 6.07) is 14.4. The van der Waals surface area contributed by atoms with Gasteiger partial charge in [-0.2, -0.15) is 0 Å². The van der Waals surface area contributed by atoms with Gasteiger partial charge < -0.3 is 5.73 Å². The highest BCUT2D eigenvalue weighted by Crippen LogP contribution is 2.25. The third-order valence-corrected chi connectivity index (χ3v) is 6.21. The molecule has 0 atom stereocenters. The van der Waals surface area contributed by atoms with E-state index in [4.69, 9.17) is 5.73 Å². The summed E-state index contributed by atoms with van der Waals surface area (Å²) in [6.07, 6.45) is 4.14. The molecule has 3 rings (SSSR count). The van der Waals surface area contributed by atoms with E-state index >= 15 is 0 Å². The number of hydrogen-bond donors (Lipinski definition) is 2. The van der Waals surface area contributed by atoms with Crippen LogP contribution in [0.2, 0.25) is 0 Å². The lowest BCUT2D eigenvalue weighted by Gasteiger charge is -2.16. The summed E-state index contributed by atoms with van der Waals surface area (Å²) in [7, 11) is -4.04. The lowest BCUT2D eigenvalue weighted by molar-refractivity contribution is 0.0997. The van der Waals surface area contributed by atoms with E-state index in [0.717, 1.165) is 16.7 Å². The second-order valence-electron chi connectivity index (χ2n) is 6.94. The first-order valence-corrected chi connectivity index (χ1v) is 10.7. The molecule has 6 nitrogen and oxygen atoms in total. The highest BCUT2D eigenvalue weighted by atomic mass is 32.2. The Bertz CT molecular complexity index is 1160. The summed E-state index contributed by atoms with van der Waals surface area (Å²) in [5.74, 6) is -0.787. The number of hydrogen-bond acceptors (Lipinski definition) is 4. The maximum Gasteiger partial charge on any atom is 0.263 e. The molecule has 3 N–H and O–H groups in total. The lowest BCUT2D eigenvalue weighted by Crippen LogP contribution is -2.22. The van der Waals surface area contributed by atoms with Crippen LogP contribution in [-0.4, -0.2) is 19.3 Å². The number of nitrogens with zero attached hydrogens (tertiary/aromatic N) is 1. The summed E-state index contributed by atoms with van der Waals surface area (Å²) in [6.45, 7) is 3.83. The zero-order valence-electron chi connectivity index (χ0n) is 16.3. The van der Waals surface area contributed by atoms with Crippen molar-refractivity contribution in [2.24, 2.45) is 5.73 Å². The van der Waals surface area contributed by atoms with Gasteiger partial charge in [0, 0.05) is 6.20 Å². The van der Waals surface area contributed by atoms with Gasteiger partial charge in [-0.25, -0.2) is 8.42 Å². The molecule has 0 aliphatic rings. The van der Waals surface area contributed by atoms with Crippen LogP contribution in [0.25, 0.3) is 0 Å². The van der Waals surface area contributed by atoms with Crippen molar-refractivity contribution in [3.63, 3.8) is 0 Å². The summed E-state index contributed by atoms with van der Waals surface area (Å²) in [5, 5.41) is 0. The monoisotopic (exact) mass is 409 g/mol. The molecule has 1 aromatic heterocycles. The summed E-state index contributed by atoms with van der Waals surface area (Å²) >= 11 is 0. The Kier molecular flexibility index (Phi) is 5.98. The quantitative estimate of drug-likeness (QED) is 0.624. The van der Waals surface area contributed by atoms with Gasteiger partial charge in [-0.1, -0.05) is 36.4 Å². The average Bonchev–Trinajstić information content (AvgIpc) is 2.66. The number of nitrogens with one attached hydrogen (secondary N) is 1. The van der Waals surface area contributed by atoms with E-state index in [1.165, 1.54) is 12.3 Å². The van der Waals surface area contributed by atoms with Crippen molar-refractivity contribution < 1.29 is 13.2 Å². The Labute approximate surface area is 170 Å². The van der Waals surface area contributed by atoms with Gasteiger partial charge in [-0.15, -0.1) is 0 Å². The summed E-state index contributed by atoms with van der Waals surface area (Å²) in [4.78, 5) is 15.9. The maximum absolute atomic E-state index is 13.2.